The van der Waals surface area contributed by atoms with Crippen LogP contribution in [0.1, 0.15) is 6.92 Å². The van der Waals surface area contributed by atoms with Crippen LogP contribution in [0.4, 0.5) is 0 Å². The standard InChI is InChI=1S/C14H12N2S2/c1-2-17-13-11-8-12(10-6-4-3-5-7-10)18-14(11)16-9-15-13/h3-9H,2H2,1H3. The smallest absolute Gasteiger partial charge is 0.128 e. The van der Waals surface area contributed by atoms with Crippen molar-refractivity contribution in [3.8, 4) is 10.4 Å². The van der Waals surface area contributed by atoms with Gasteiger partial charge in [0.2, 0.25) is 0 Å². The quantitative estimate of drug-likeness (QED) is 0.519. The number of thiophene rings is 1. The molecule has 0 fully saturated rings. The Bertz CT molecular complexity index is 662. The molecule has 3 aromatic rings. The van der Waals surface area contributed by atoms with E-state index in [2.05, 4.69) is 47.2 Å². The molecule has 2 aromatic heterocycles. The number of hydrogen-bond donors (Lipinski definition) is 0. The van der Waals surface area contributed by atoms with Gasteiger partial charge in [0.15, 0.2) is 0 Å². The van der Waals surface area contributed by atoms with Gasteiger partial charge in [-0.3, -0.25) is 0 Å². The highest BCUT2D eigenvalue weighted by atomic mass is 32.2. The van der Waals surface area contributed by atoms with E-state index in [-0.39, 0.29) is 0 Å². The minimum absolute atomic E-state index is 1.03. The van der Waals surface area contributed by atoms with E-state index >= 15 is 0 Å². The first-order valence-corrected chi connectivity index (χ1v) is 7.61. The summed E-state index contributed by atoms with van der Waals surface area (Å²) in [6.07, 6.45) is 1.66. The third-order valence-electron chi connectivity index (χ3n) is 2.63. The second-order valence-electron chi connectivity index (χ2n) is 3.81. The summed E-state index contributed by atoms with van der Waals surface area (Å²) in [4.78, 5) is 11.0. The second kappa shape index (κ2) is 5.08. The predicted molar refractivity (Wildman–Crippen MR) is 79.2 cm³/mol. The average molecular weight is 272 g/mol. The second-order valence-corrected chi connectivity index (χ2v) is 6.09. The Labute approximate surface area is 114 Å². The fourth-order valence-electron chi connectivity index (χ4n) is 1.83. The van der Waals surface area contributed by atoms with E-state index in [1.807, 2.05) is 6.07 Å². The molecule has 18 heavy (non-hydrogen) atoms. The van der Waals surface area contributed by atoms with Gasteiger partial charge in [-0.05, 0) is 17.4 Å². The number of benzene rings is 1. The molecule has 0 aliphatic heterocycles. The molecular weight excluding hydrogens is 260 g/mol. The zero-order chi connectivity index (χ0) is 12.4. The lowest BCUT2D eigenvalue weighted by Gasteiger charge is -1.97. The molecule has 0 N–H and O–H groups in total. The Kier molecular flexibility index (Phi) is 3.30. The van der Waals surface area contributed by atoms with Crippen LogP contribution in [0.25, 0.3) is 20.7 Å². The van der Waals surface area contributed by atoms with Crippen molar-refractivity contribution in [1.82, 2.24) is 9.97 Å². The molecule has 0 atom stereocenters. The minimum atomic E-state index is 1.03. The van der Waals surface area contributed by atoms with Crippen LogP contribution in [0.3, 0.4) is 0 Å². The maximum Gasteiger partial charge on any atom is 0.128 e. The molecule has 1 aromatic carbocycles. The summed E-state index contributed by atoms with van der Waals surface area (Å²) in [6, 6.07) is 12.6. The molecule has 0 saturated heterocycles. The zero-order valence-corrected chi connectivity index (χ0v) is 11.6. The van der Waals surface area contributed by atoms with E-state index in [1.54, 1.807) is 29.4 Å². The van der Waals surface area contributed by atoms with Crippen LogP contribution in [-0.4, -0.2) is 15.7 Å². The Balaban J connectivity index is 2.14. The maximum absolute atomic E-state index is 4.36. The molecule has 90 valence electrons. The summed E-state index contributed by atoms with van der Waals surface area (Å²) in [5.41, 5.74) is 1.24. The van der Waals surface area contributed by atoms with Crippen molar-refractivity contribution >= 4 is 33.3 Å². The normalized spacial score (nSPS) is 10.9. The van der Waals surface area contributed by atoms with Crippen molar-refractivity contribution in [3.05, 3.63) is 42.7 Å². The third-order valence-corrected chi connectivity index (χ3v) is 4.61. The van der Waals surface area contributed by atoms with Crippen LogP contribution in [0.5, 0.6) is 0 Å². The van der Waals surface area contributed by atoms with E-state index in [9.17, 15) is 0 Å². The lowest BCUT2D eigenvalue weighted by Crippen LogP contribution is -1.82. The number of thioether (sulfide) groups is 1. The molecule has 0 bridgehead atoms. The molecule has 0 radical (unpaired) electrons. The van der Waals surface area contributed by atoms with Gasteiger partial charge in [0.1, 0.15) is 16.2 Å². The van der Waals surface area contributed by atoms with Crippen LogP contribution in [0.15, 0.2) is 47.8 Å². The van der Waals surface area contributed by atoms with Gasteiger partial charge in [0, 0.05) is 10.3 Å². The van der Waals surface area contributed by atoms with Gasteiger partial charge in [0.05, 0.1) is 0 Å². The van der Waals surface area contributed by atoms with E-state index in [0.29, 0.717) is 0 Å². The highest BCUT2D eigenvalue weighted by Crippen LogP contribution is 2.35. The van der Waals surface area contributed by atoms with E-state index in [4.69, 9.17) is 0 Å². The van der Waals surface area contributed by atoms with Crippen molar-refractivity contribution < 1.29 is 0 Å². The SMILES string of the molecule is CCSc1ncnc2sc(-c3ccccc3)cc12. The lowest BCUT2D eigenvalue weighted by molar-refractivity contribution is 1.11. The van der Waals surface area contributed by atoms with Gasteiger partial charge in [-0.1, -0.05) is 37.3 Å². The average Bonchev–Trinajstić information content (AvgIpc) is 2.85. The minimum Gasteiger partial charge on any atom is -0.229 e. The lowest BCUT2D eigenvalue weighted by atomic mass is 10.2. The van der Waals surface area contributed by atoms with E-state index in [1.165, 1.54) is 15.8 Å². The van der Waals surface area contributed by atoms with E-state index in [0.717, 1.165) is 15.6 Å². The van der Waals surface area contributed by atoms with Crippen molar-refractivity contribution in [3.63, 3.8) is 0 Å². The largest absolute Gasteiger partial charge is 0.229 e. The molecule has 0 spiro atoms. The molecule has 0 saturated carbocycles. The molecule has 0 aliphatic carbocycles. The summed E-state index contributed by atoms with van der Waals surface area (Å²) < 4.78 is 0. The van der Waals surface area contributed by atoms with Gasteiger partial charge in [-0.25, -0.2) is 9.97 Å². The van der Waals surface area contributed by atoms with Gasteiger partial charge in [-0.15, -0.1) is 23.1 Å². The summed E-state index contributed by atoms with van der Waals surface area (Å²) in [7, 11) is 0. The topological polar surface area (TPSA) is 25.8 Å². The predicted octanol–water partition coefficient (Wildman–Crippen LogP) is 4.47. The number of nitrogens with zero attached hydrogens (tertiary/aromatic N) is 2. The first kappa shape index (κ1) is 11.7. The van der Waals surface area contributed by atoms with E-state index < -0.39 is 0 Å². The van der Waals surface area contributed by atoms with Gasteiger partial charge in [0.25, 0.3) is 0 Å². The van der Waals surface area contributed by atoms with Crippen molar-refractivity contribution in [1.29, 1.82) is 0 Å². The molecule has 4 heteroatoms. The number of fused-ring (bicyclic) bond motifs is 1. The van der Waals surface area contributed by atoms with Crippen LogP contribution >= 0.6 is 23.1 Å². The number of hydrogen-bond acceptors (Lipinski definition) is 4. The van der Waals surface area contributed by atoms with Crippen molar-refractivity contribution in [2.45, 2.75) is 11.9 Å². The monoisotopic (exact) mass is 272 g/mol. The van der Waals surface area contributed by atoms with Crippen LogP contribution in [-0.2, 0) is 0 Å². The maximum atomic E-state index is 4.36. The first-order chi connectivity index (χ1) is 8.88. The van der Waals surface area contributed by atoms with Crippen LogP contribution in [0.2, 0.25) is 0 Å². The van der Waals surface area contributed by atoms with Gasteiger partial charge >= 0.3 is 0 Å². The Hall–Kier alpha value is -1.39. The Morgan fingerprint density at radius 2 is 2.00 bits per heavy atom. The number of aromatic nitrogens is 2. The molecular formula is C14H12N2S2. The molecule has 3 rings (SSSR count). The highest BCUT2D eigenvalue weighted by Gasteiger charge is 2.09. The molecule has 2 nitrogen and oxygen atoms in total. The zero-order valence-electron chi connectivity index (χ0n) is 9.96. The fraction of sp³-hybridized carbons (Fsp3) is 0.143. The fourth-order valence-corrected chi connectivity index (χ4v) is 3.61. The number of rotatable bonds is 3. The summed E-state index contributed by atoms with van der Waals surface area (Å²) in [5.74, 6) is 1.03. The summed E-state index contributed by atoms with van der Waals surface area (Å²) in [6.45, 7) is 2.14. The van der Waals surface area contributed by atoms with Crippen LogP contribution in [0, 0.1) is 0 Å². The Morgan fingerprint density at radius 1 is 1.17 bits per heavy atom. The van der Waals surface area contributed by atoms with Crippen LogP contribution < -0.4 is 0 Å². The summed E-state index contributed by atoms with van der Waals surface area (Å²) in [5, 5.41) is 2.26. The first-order valence-electron chi connectivity index (χ1n) is 5.81. The highest BCUT2D eigenvalue weighted by molar-refractivity contribution is 7.99. The molecule has 2 heterocycles. The van der Waals surface area contributed by atoms with Gasteiger partial charge in [-0.2, -0.15) is 0 Å². The third kappa shape index (κ3) is 2.13. The van der Waals surface area contributed by atoms with Gasteiger partial charge < -0.3 is 0 Å². The summed E-state index contributed by atoms with van der Waals surface area (Å²) >= 11 is 3.49. The molecule has 0 aliphatic rings. The Morgan fingerprint density at radius 3 is 2.78 bits per heavy atom. The van der Waals surface area contributed by atoms with Crippen molar-refractivity contribution in [2.24, 2.45) is 0 Å². The van der Waals surface area contributed by atoms with Crippen molar-refractivity contribution in [2.75, 3.05) is 5.75 Å². The molecule has 0 amide bonds. The molecule has 0 unspecified atom stereocenters.